The minimum atomic E-state index is -0.621. The van der Waals surface area contributed by atoms with Gasteiger partial charge in [-0.25, -0.2) is 4.79 Å². The minimum absolute atomic E-state index is 0.0527. The number of nitrogens with one attached hydrogen (secondary N) is 2. The monoisotopic (exact) mass is 512 g/mol. The van der Waals surface area contributed by atoms with Gasteiger partial charge in [-0.2, -0.15) is 0 Å². The zero-order valence-electron chi connectivity index (χ0n) is 22.2. The van der Waals surface area contributed by atoms with Crippen LogP contribution < -0.4 is 10.6 Å². The van der Waals surface area contributed by atoms with Crippen LogP contribution in [0.1, 0.15) is 47.3 Å². The lowest BCUT2D eigenvalue weighted by molar-refractivity contribution is 0.0635. The van der Waals surface area contributed by atoms with E-state index in [4.69, 9.17) is 4.74 Å². The smallest absolute Gasteiger partial charge is 0.412 e. The number of Topliss-reactive ketones (excluding diaryl/α,β-unsaturated/α-hetero) is 1. The highest BCUT2D eigenvalue weighted by atomic mass is 16.6. The van der Waals surface area contributed by atoms with Crippen LogP contribution in [0, 0.1) is 0 Å². The summed E-state index contributed by atoms with van der Waals surface area (Å²) in [7, 11) is 3.59. The summed E-state index contributed by atoms with van der Waals surface area (Å²) in [5, 5.41) is 5.53. The summed E-state index contributed by atoms with van der Waals surface area (Å²) in [6.45, 7) is 5.35. The molecular formula is C30H32N4O4. The molecule has 0 spiro atoms. The molecule has 8 heteroatoms. The number of aryl methyl sites for hydroxylation is 2. The van der Waals surface area contributed by atoms with E-state index >= 15 is 0 Å². The van der Waals surface area contributed by atoms with Crippen LogP contribution >= 0.6 is 0 Å². The topological polar surface area (TPSA) is 94.4 Å². The minimum Gasteiger partial charge on any atom is -0.444 e. The molecule has 4 rings (SSSR count). The van der Waals surface area contributed by atoms with E-state index in [-0.39, 0.29) is 11.7 Å². The second-order valence-electron chi connectivity index (χ2n) is 10.2. The van der Waals surface area contributed by atoms with E-state index < -0.39 is 11.7 Å². The summed E-state index contributed by atoms with van der Waals surface area (Å²) in [5.41, 5.74) is 4.31. The molecule has 0 saturated carbocycles. The second kappa shape index (κ2) is 10.8. The highest BCUT2D eigenvalue weighted by Gasteiger charge is 2.19. The van der Waals surface area contributed by atoms with Crippen LogP contribution in [0.25, 0.3) is 11.1 Å². The van der Waals surface area contributed by atoms with Gasteiger partial charge in [-0.15, -0.1) is 0 Å². The van der Waals surface area contributed by atoms with Crippen molar-refractivity contribution in [1.29, 1.82) is 0 Å². The molecule has 4 aromatic rings. The Labute approximate surface area is 222 Å². The Morgan fingerprint density at radius 3 is 2.08 bits per heavy atom. The lowest BCUT2D eigenvalue weighted by Gasteiger charge is -2.19. The van der Waals surface area contributed by atoms with E-state index in [0.29, 0.717) is 29.2 Å². The molecule has 0 radical (unpaired) electrons. The zero-order chi connectivity index (χ0) is 27.4. The van der Waals surface area contributed by atoms with E-state index in [1.165, 1.54) is 0 Å². The summed E-state index contributed by atoms with van der Waals surface area (Å²) in [5.74, 6) is -0.261. The van der Waals surface area contributed by atoms with Crippen molar-refractivity contribution in [3.05, 3.63) is 96.1 Å². The van der Waals surface area contributed by atoms with Gasteiger partial charge in [0.2, 0.25) is 0 Å². The maximum absolute atomic E-state index is 12.9. The van der Waals surface area contributed by atoms with Gasteiger partial charge in [-0.1, -0.05) is 42.5 Å². The first-order valence-electron chi connectivity index (χ1n) is 12.3. The highest BCUT2D eigenvalue weighted by molar-refractivity contribution is 6.04. The Balaban J connectivity index is 1.41. The molecule has 0 saturated heterocycles. The van der Waals surface area contributed by atoms with Gasteiger partial charge >= 0.3 is 6.09 Å². The Bertz CT molecular complexity index is 1460. The molecule has 0 aliphatic carbocycles. The molecule has 38 heavy (non-hydrogen) atoms. The molecule has 0 aliphatic rings. The van der Waals surface area contributed by atoms with Crippen molar-refractivity contribution in [2.75, 3.05) is 10.6 Å². The number of anilines is 2. The number of carbonyl (C=O) groups excluding carboxylic acids is 3. The van der Waals surface area contributed by atoms with Crippen molar-refractivity contribution in [2.24, 2.45) is 14.1 Å². The van der Waals surface area contributed by atoms with Crippen molar-refractivity contribution in [1.82, 2.24) is 9.13 Å². The molecule has 2 heterocycles. The fourth-order valence-electron chi connectivity index (χ4n) is 4.09. The number of nitrogens with zero attached hydrogens (tertiary/aromatic N) is 2. The number of hydrogen-bond donors (Lipinski definition) is 2. The molecule has 0 atom stereocenters. The first-order valence-corrected chi connectivity index (χ1v) is 12.3. The maximum atomic E-state index is 12.9. The first kappa shape index (κ1) is 26.5. The molecule has 2 N–H and O–H groups in total. The number of rotatable bonds is 7. The number of amides is 2. The Hall–Kier alpha value is -4.59. The van der Waals surface area contributed by atoms with Gasteiger partial charge in [0.25, 0.3) is 5.91 Å². The number of aromatic nitrogens is 2. The van der Waals surface area contributed by atoms with Crippen LogP contribution in [-0.2, 0) is 25.3 Å². The average molecular weight is 513 g/mol. The van der Waals surface area contributed by atoms with E-state index in [0.717, 1.165) is 16.7 Å². The largest absolute Gasteiger partial charge is 0.444 e. The molecule has 8 nitrogen and oxygen atoms in total. The van der Waals surface area contributed by atoms with Crippen LogP contribution in [0.5, 0.6) is 0 Å². The van der Waals surface area contributed by atoms with Crippen molar-refractivity contribution in [3.63, 3.8) is 0 Å². The molecule has 0 fully saturated rings. The predicted octanol–water partition coefficient (Wildman–Crippen LogP) is 6.06. The van der Waals surface area contributed by atoms with Crippen molar-refractivity contribution >= 4 is 29.2 Å². The summed E-state index contributed by atoms with van der Waals surface area (Å²) in [4.78, 5) is 37.7. The fraction of sp³-hybridized carbons (Fsp3) is 0.233. The summed E-state index contributed by atoms with van der Waals surface area (Å²) >= 11 is 0. The van der Waals surface area contributed by atoms with Crippen molar-refractivity contribution in [3.8, 4) is 11.1 Å². The van der Waals surface area contributed by atoms with Gasteiger partial charge in [0, 0.05) is 44.2 Å². The average Bonchev–Trinajstić information content (AvgIpc) is 3.41. The third-order valence-electron chi connectivity index (χ3n) is 5.86. The highest BCUT2D eigenvalue weighted by Crippen LogP contribution is 2.25. The third kappa shape index (κ3) is 6.59. The summed E-state index contributed by atoms with van der Waals surface area (Å²) < 4.78 is 8.74. The van der Waals surface area contributed by atoms with Gasteiger partial charge in [0.05, 0.1) is 11.4 Å². The van der Waals surface area contributed by atoms with Gasteiger partial charge in [0.1, 0.15) is 11.3 Å². The third-order valence-corrected chi connectivity index (χ3v) is 5.86. The maximum Gasteiger partial charge on any atom is 0.412 e. The van der Waals surface area contributed by atoms with E-state index in [2.05, 4.69) is 10.6 Å². The van der Waals surface area contributed by atoms with Gasteiger partial charge in [-0.3, -0.25) is 14.9 Å². The van der Waals surface area contributed by atoms with Crippen molar-refractivity contribution < 1.29 is 19.1 Å². The fourth-order valence-corrected chi connectivity index (χ4v) is 4.09. The summed E-state index contributed by atoms with van der Waals surface area (Å²) in [6.07, 6.45) is 3.33. The molecule has 2 aromatic heterocycles. The molecule has 0 bridgehead atoms. The van der Waals surface area contributed by atoms with E-state index in [1.807, 2.05) is 78.5 Å². The standard InChI is InChI=1S/C30H32N4O4/c1-30(2,3)38-29(37)32-24-17-26(34(5)19-24)28(36)31-23-13-11-21(12-14-23)22-16-25(33(4)18-22)27(35)15-20-9-7-6-8-10-20/h6-14,16-19H,15H2,1-5H3,(H,31,36)(H,32,37). The second-order valence-corrected chi connectivity index (χ2v) is 10.2. The molecule has 0 aliphatic heterocycles. The number of ether oxygens (including phenoxy) is 1. The number of carbonyl (C=O) groups is 3. The van der Waals surface area contributed by atoms with Gasteiger partial charge in [-0.05, 0) is 56.2 Å². The Morgan fingerprint density at radius 2 is 1.42 bits per heavy atom. The predicted molar refractivity (Wildman–Crippen MR) is 149 cm³/mol. The Morgan fingerprint density at radius 1 is 0.763 bits per heavy atom. The molecule has 2 aromatic carbocycles. The number of hydrogen-bond acceptors (Lipinski definition) is 4. The quantitative estimate of drug-likeness (QED) is 0.295. The van der Waals surface area contributed by atoms with Crippen LogP contribution in [0.2, 0.25) is 0 Å². The zero-order valence-corrected chi connectivity index (χ0v) is 22.2. The normalized spacial score (nSPS) is 11.2. The van der Waals surface area contributed by atoms with Crippen molar-refractivity contribution in [2.45, 2.75) is 32.8 Å². The van der Waals surface area contributed by atoms with Crippen LogP contribution in [0.4, 0.5) is 16.2 Å². The van der Waals surface area contributed by atoms with E-state index in [1.54, 1.807) is 44.6 Å². The molecule has 196 valence electrons. The van der Waals surface area contributed by atoms with Crippen LogP contribution in [0.3, 0.4) is 0 Å². The first-order chi connectivity index (χ1) is 18.0. The van der Waals surface area contributed by atoms with Crippen LogP contribution in [0.15, 0.2) is 79.1 Å². The molecule has 2 amide bonds. The summed E-state index contributed by atoms with van der Waals surface area (Å²) in [6, 6.07) is 20.6. The van der Waals surface area contributed by atoms with E-state index in [9.17, 15) is 14.4 Å². The number of benzene rings is 2. The lowest BCUT2D eigenvalue weighted by atomic mass is 10.1. The number of ketones is 1. The lowest BCUT2D eigenvalue weighted by Crippen LogP contribution is -2.27. The Kier molecular flexibility index (Phi) is 7.52. The molecule has 0 unspecified atom stereocenters. The SMILES string of the molecule is Cn1cc(-c2ccc(NC(=O)c3cc(NC(=O)OC(C)(C)C)cn3C)cc2)cc1C(=O)Cc1ccccc1. The van der Waals surface area contributed by atoms with Gasteiger partial charge in [0.15, 0.2) is 5.78 Å². The van der Waals surface area contributed by atoms with Gasteiger partial charge < -0.3 is 19.2 Å². The molecular weight excluding hydrogens is 480 g/mol. The van der Waals surface area contributed by atoms with Crippen LogP contribution in [-0.4, -0.2) is 32.5 Å².